The third-order valence-corrected chi connectivity index (χ3v) is 8.44. The van der Waals surface area contributed by atoms with E-state index in [1.165, 1.54) is 31.1 Å². The van der Waals surface area contributed by atoms with Crippen molar-refractivity contribution in [2.45, 2.75) is 71.1 Å². The number of hydrogen-bond donors (Lipinski definition) is 4. The quantitative estimate of drug-likeness (QED) is 0.0549. The van der Waals surface area contributed by atoms with Gasteiger partial charge in [-0.2, -0.15) is 0 Å². The summed E-state index contributed by atoms with van der Waals surface area (Å²) in [6, 6.07) is -0.890. The molecule has 0 radical (unpaired) electrons. The number of piperidine rings is 1. The predicted molar refractivity (Wildman–Crippen MR) is 183 cm³/mol. The van der Waals surface area contributed by atoms with E-state index < -0.39 is 34.8 Å². The summed E-state index contributed by atoms with van der Waals surface area (Å²) in [7, 11) is 2.93. The summed E-state index contributed by atoms with van der Waals surface area (Å²) in [5.74, 6) is -0.831. The SMILES string of the molecule is C=C/C(NCCOCCOCCNS(=O)N1CCC(NC(=O)OC(C)(C)C)CC1)=C(C(=O)N(C)C(C=O)CCC(=O)NC)\C(C=O)=C/C. The lowest BCUT2D eigenvalue weighted by molar-refractivity contribution is -0.132. The van der Waals surface area contributed by atoms with E-state index >= 15 is 0 Å². The number of hydrogen-bond acceptors (Lipinski definition) is 10. The van der Waals surface area contributed by atoms with Crippen molar-refractivity contribution in [1.82, 2.24) is 29.9 Å². The molecule has 1 aliphatic heterocycles. The molecule has 1 heterocycles. The highest BCUT2D eigenvalue weighted by Gasteiger charge is 2.28. The molecule has 4 N–H and O–H groups in total. The molecule has 0 aromatic heterocycles. The zero-order valence-corrected chi connectivity index (χ0v) is 29.9. The predicted octanol–water partition coefficient (Wildman–Crippen LogP) is 0.904. The van der Waals surface area contributed by atoms with E-state index in [4.69, 9.17) is 14.2 Å². The first kappa shape index (κ1) is 42.6. The van der Waals surface area contributed by atoms with Crippen LogP contribution in [0.25, 0.3) is 0 Å². The monoisotopic (exact) mass is 698 g/mol. The zero-order chi connectivity index (χ0) is 36.1. The lowest BCUT2D eigenvalue weighted by Crippen LogP contribution is -2.48. The first-order chi connectivity index (χ1) is 22.8. The van der Waals surface area contributed by atoms with Crippen molar-refractivity contribution in [3.63, 3.8) is 0 Å². The van der Waals surface area contributed by atoms with Crippen molar-refractivity contribution in [3.8, 4) is 0 Å². The van der Waals surface area contributed by atoms with Gasteiger partial charge in [0.25, 0.3) is 5.91 Å². The van der Waals surface area contributed by atoms with Crippen LogP contribution in [-0.4, -0.2) is 128 Å². The third-order valence-electron chi connectivity index (χ3n) is 7.15. The van der Waals surface area contributed by atoms with Crippen LogP contribution in [0.1, 0.15) is 53.4 Å². The molecule has 1 fully saturated rings. The van der Waals surface area contributed by atoms with Crippen LogP contribution >= 0.6 is 0 Å². The van der Waals surface area contributed by atoms with E-state index in [9.17, 15) is 28.2 Å². The molecule has 15 nitrogen and oxygen atoms in total. The molecule has 2 unspecified atom stereocenters. The second-order valence-electron chi connectivity index (χ2n) is 11.8. The molecular weight excluding hydrogens is 644 g/mol. The van der Waals surface area contributed by atoms with Gasteiger partial charge in [0.2, 0.25) is 5.91 Å². The molecule has 1 saturated heterocycles. The van der Waals surface area contributed by atoms with Crippen LogP contribution in [0.5, 0.6) is 0 Å². The fourth-order valence-corrected chi connectivity index (χ4v) is 5.51. The average Bonchev–Trinajstić information content (AvgIpc) is 3.05. The first-order valence-electron chi connectivity index (χ1n) is 16.0. The van der Waals surface area contributed by atoms with Gasteiger partial charge in [0, 0.05) is 64.0 Å². The van der Waals surface area contributed by atoms with Crippen LogP contribution in [0, 0.1) is 0 Å². The summed E-state index contributed by atoms with van der Waals surface area (Å²) in [6.45, 7) is 13.8. The molecule has 3 amide bonds. The number of carbonyl (C=O) groups is 5. The number of aldehydes is 2. The molecule has 0 bridgehead atoms. The van der Waals surface area contributed by atoms with E-state index in [-0.39, 0.29) is 49.1 Å². The van der Waals surface area contributed by atoms with Crippen molar-refractivity contribution in [3.05, 3.63) is 35.6 Å². The fourth-order valence-electron chi connectivity index (χ4n) is 4.52. The standard InChI is InChI=1S/C32H54N6O9S/c1-8-24(22-39)29(30(42)37(7)26(23-40)10-11-28(41)33-6)27(9-2)34-14-18-45-20-21-46-19-15-35-48(44)38-16-12-25(13-17-38)36-31(43)47-32(3,4)5/h8-9,22-23,25-26,34-35H,2,10-21H2,1,3-7H3,(H,33,41)(H,36,43)/b24-8-,29-27-. The van der Waals surface area contributed by atoms with Crippen LogP contribution < -0.4 is 20.7 Å². The van der Waals surface area contributed by atoms with Gasteiger partial charge in [0.05, 0.1) is 38.0 Å². The van der Waals surface area contributed by atoms with E-state index in [0.717, 1.165) is 0 Å². The maximum Gasteiger partial charge on any atom is 0.407 e. The minimum absolute atomic E-state index is 0.0207. The van der Waals surface area contributed by atoms with E-state index in [2.05, 4.69) is 27.3 Å². The number of rotatable bonds is 22. The number of allylic oxidation sites excluding steroid dienone is 2. The van der Waals surface area contributed by atoms with Crippen molar-refractivity contribution in [1.29, 1.82) is 0 Å². The Morgan fingerprint density at radius 3 is 2.21 bits per heavy atom. The second kappa shape index (κ2) is 23.0. The van der Waals surface area contributed by atoms with E-state index in [0.29, 0.717) is 70.6 Å². The van der Waals surface area contributed by atoms with Crippen molar-refractivity contribution < 1.29 is 42.4 Å². The average molecular weight is 699 g/mol. The Kier molecular flexibility index (Phi) is 20.4. The van der Waals surface area contributed by atoms with Crippen molar-refractivity contribution in [2.75, 3.05) is 66.7 Å². The normalized spacial score (nSPS) is 16.2. The molecule has 0 saturated carbocycles. The van der Waals surface area contributed by atoms with Gasteiger partial charge in [-0.3, -0.25) is 14.4 Å². The van der Waals surface area contributed by atoms with Crippen LogP contribution in [0.2, 0.25) is 0 Å². The Balaban J connectivity index is 2.43. The highest BCUT2D eigenvalue weighted by molar-refractivity contribution is 7.80. The highest BCUT2D eigenvalue weighted by Crippen LogP contribution is 2.18. The summed E-state index contributed by atoms with van der Waals surface area (Å²) in [6.07, 6.45) is 5.14. The van der Waals surface area contributed by atoms with Gasteiger partial charge in [-0.1, -0.05) is 12.7 Å². The number of nitrogens with zero attached hydrogens (tertiary/aromatic N) is 2. The van der Waals surface area contributed by atoms with Crippen LogP contribution in [0.15, 0.2) is 35.6 Å². The summed E-state index contributed by atoms with van der Waals surface area (Å²) in [4.78, 5) is 61.8. The minimum atomic E-state index is -1.37. The Morgan fingerprint density at radius 1 is 1.06 bits per heavy atom. The highest BCUT2D eigenvalue weighted by atomic mass is 32.2. The summed E-state index contributed by atoms with van der Waals surface area (Å²) in [5, 5.41) is 8.41. The Bertz CT molecular complexity index is 1160. The third kappa shape index (κ3) is 16.1. The Labute approximate surface area is 286 Å². The van der Waals surface area contributed by atoms with Crippen LogP contribution in [0.3, 0.4) is 0 Å². The van der Waals surface area contributed by atoms with Crippen LogP contribution in [0.4, 0.5) is 4.79 Å². The Hall–Kier alpha value is -3.44. The summed E-state index contributed by atoms with van der Waals surface area (Å²) < 4.78 is 33.8. The fraction of sp³-hybridized carbons (Fsp3) is 0.656. The summed E-state index contributed by atoms with van der Waals surface area (Å²) in [5.41, 5.74) is -0.0948. The number of alkyl carbamates (subject to hydrolysis) is 1. The van der Waals surface area contributed by atoms with Gasteiger partial charge >= 0.3 is 6.09 Å². The number of likely N-dealkylation sites (N-methyl/N-ethyl adjacent to an activating group) is 1. The molecule has 0 spiro atoms. The lowest BCUT2D eigenvalue weighted by atomic mass is 10.0. The zero-order valence-electron chi connectivity index (χ0n) is 29.1. The maximum atomic E-state index is 13.4. The van der Waals surface area contributed by atoms with E-state index in [1.54, 1.807) is 6.92 Å². The second-order valence-corrected chi connectivity index (χ2v) is 13.1. The lowest BCUT2D eigenvalue weighted by Gasteiger charge is -2.31. The molecular formula is C32H54N6O9S. The number of amides is 3. The van der Waals surface area contributed by atoms with Gasteiger partial charge in [-0.25, -0.2) is 18.0 Å². The molecule has 272 valence electrons. The molecule has 48 heavy (non-hydrogen) atoms. The molecule has 2 atom stereocenters. The largest absolute Gasteiger partial charge is 0.444 e. The van der Waals surface area contributed by atoms with Gasteiger partial charge in [0.15, 0.2) is 17.5 Å². The van der Waals surface area contributed by atoms with Crippen molar-refractivity contribution in [2.24, 2.45) is 0 Å². The molecule has 16 heteroatoms. The minimum Gasteiger partial charge on any atom is -0.444 e. The maximum absolute atomic E-state index is 13.4. The number of nitrogens with one attached hydrogen (secondary N) is 4. The molecule has 0 aromatic rings. The number of carbonyl (C=O) groups excluding carboxylic acids is 5. The summed E-state index contributed by atoms with van der Waals surface area (Å²) >= 11 is -1.37. The molecule has 1 aliphatic rings. The van der Waals surface area contributed by atoms with Gasteiger partial charge in [0.1, 0.15) is 11.9 Å². The first-order valence-corrected chi connectivity index (χ1v) is 17.1. The van der Waals surface area contributed by atoms with Gasteiger partial charge in [-0.15, -0.1) is 0 Å². The molecule has 1 rings (SSSR count). The van der Waals surface area contributed by atoms with E-state index in [1.807, 2.05) is 25.1 Å². The number of ether oxygens (including phenoxy) is 3. The molecule has 0 aromatic carbocycles. The van der Waals surface area contributed by atoms with Gasteiger partial charge < -0.3 is 39.9 Å². The topological polar surface area (TPSA) is 185 Å². The van der Waals surface area contributed by atoms with Gasteiger partial charge in [-0.05, 0) is 53.0 Å². The Morgan fingerprint density at radius 2 is 1.69 bits per heavy atom. The molecule has 0 aliphatic carbocycles. The van der Waals surface area contributed by atoms with Crippen LogP contribution in [-0.2, 0) is 44.6 Å². The smallest absolute Gasteiger partial charge is 0.407 e. The van der Waals surface area contributed by atoms with Crippen molar-refractivity contribution >= 4 is 41.7 Å².